The van der Waals surface area contributed by atoms with Crippen LogP contribution in [-0.4, -0.2) is 33.0 Å². The van der Waals surface area contributed by atoms with E-state index in [0.29, 0.717) is 12.5 Å². The van der Waals surface area contributed by atoms with Crippen molar-refractivity contribution in [2.45, 2.75) is 57.1 Å². The van der Waals surface area contributed by atoms with E-state index < -0.39 is 9.84 Å². The summed E-state index contributed by atoms with van der Waals surface area (Å²) in [6.07, 6.45) is 9.58. The Hall–Kier alpha value is -0.0900. The number of nitrogens with one attached hydrogen (secondary N) is 1. The molecule has 0 spiro atoms. The molecule has 0 aliphatic heterocycles. The van der Waals surface area contributed by atoms with Crippen LogP contribution >= 0.6 is 0 Å². The van der Waals surface area contributed by atoms with Crippen LogP contribution in [0.5, 0.6) is 0 Å². The van der Waals surface area contributed by atoms with Gasteiger partial charge in [0.05, 0.1) is 5.25 Å². The molecule has 0 saturated heterocycles. The van der Waals surface area contributed by atoms with Gasteiger partial charge in [-0.2, -0.15) is 0 Å². The van der Waals surface area contributed by atoms with Gasteiger partial charge in [0, 0.05) is 12.8 Å². The highest BCUT2D eigenvalue weighted by Crippen LogP contribution is 2.28. The second-order valence-electron chi connectivity index (χ2n) is 5.32. The fourth-order valence-corrected chi connectivity index (χ4v) is 4.16. The lowest BCUT2D eigenvalue weighted by Gasteiger charge is -2.25. The van der Waals surface area contributed by atoms with Gasteiger partial charge in [0.15, 0.2) is 9.84 Å². The first-order valence-electron chi connectivity index (χ1n) is 6.95. The average Bonchev–Trinajstić information content (AvgIpc) is 2.51. The van der Waals surface area contributed by atoms with Gasteiger partial charge in [-0.05, 0) is 31.7 Å². The lowest BCUT2D eigenvalue weighted by atomic mass is 9.96. The van der Waals surface area contributed by atoms with Crippen molar-refractivity contribution in [1.29, 1.82) is 0 Å². The van der Waals surface area contributed by atoms with Gasteiger partial charge in [-0.15, -0.1) is 0 Å². The molecule has 3 nitrogen and oxygen atoms in total. The molecule has 1 aliphatic rings. The summed E-state index contributed by atoms with van der Waals surface area (Å²) in [6.45, 7) is 3.66. The highest BCUT2D eigenvalue weighted by molar-refractivity contribution is 7.91. The average molecular weight is 261 g/mol. The first kappa shape index (κ1) is 15.0. The zero-order valence-corrected chi connectivity index (χ0v) is 12.1. The number of hydrogen-bond acceptors (Lipinski definition) is 3. The summed E-state index contributed by atoms with van der Waals surface area (Å²) in [5, 5.41) is 3.11. The molecule has 102 valence electrons. The van der Waals surface area contributed by atoms with E-state index in [2.05, 4.69) is 12.2 Å². The highest BCUT2D eigenvalue weighted by atomic mass is 32.2. The molecule has 17 heavy (non-hydrogen) atoms. The molecule has 1 fully saturated rings. The third kappa shape index (κ3) is 5.38. The van der Waals surface area contributed by atoms with Crippen molar-refractivity contribution in [3.8, 4) is 0 Å². The van der Waals surface area contributed by atoms with E-state index in [1.54, 1.807) is 0 Å². The molecule has 0 aromatic carbocycles. The molecule has 0 radical (unpaired) electrons. The van der Waals surface area contributed by atoms with E-state index in [4.69, 9.17) is 0 Å². The quantitative estimate of drug-likeness (QED) is 0.590. The summed E-state index contributed by atoms with van der Waals surface area (Å²) in [7, 11) is -2.92. The van der Waals surface area contributed by atoms with Crippen molar-refractivity contribution in [3.63, 3.8) is 0 Å². The van der Waals surface area contributed by atoms with E-state index in [-0.39, 0.29) is 5.25 Å². The smallest absolute Gasteiger partial charge is 0.151 e. The van der Waals surface area contributed by atoms with Crippen LogP contribution in [0.15, 0.2) is 0 Å². The Balaban J connectivity index is 2.60. The largest absolute Gasteiger partial charge is 0.315 e. The Morgan fingerprint density at radius 1 is 1.18 bits per heavy atom. The number of hydrogen-bond donors (Lipinski definition) is 1. The maximum Gasteiger partial charge on any atom is 0.151 e. The molecule has 0 heterocycles. The molecule has 0 aromatic heterocycles. The minimum Gasteiger partial charge on any atom is -0.315 e. The molecule has 1 saturated carbocycles. The zero-order chi connectivity index (χ0) is 12.7. The van der Waals surface area contributed by atoms with Crippen molar-refractivity contribution in [1.82, 2.24) is 5.32 Å². The van der Waals surface area contributed by atoms with Gasteiger partial charge in [0.25, 0.3) is 0 Å². The summed E-state index contributed by atoms with van der Waals surface area (Å²) in [4.78, 5) is 0. The summed E-state index contributed by atoms with van der Waals surface area (Å²) in [5.41, 5.74) is 0. The maximum absolute atomic E-state index is 11.9. The Labute approximate surface area is 106 Å². The summed E-state index contributed by atoms with van der Waals surface area (Å²) >= 11 is 0. The van der Waals surface area contributed by atoms with Crippen molar-refractivity contribution in [3.05, 3.63) is 0 Å². The molecule has 0 bridgehead atoms. The van der Waals surface area contributed by atoms with Crippen LogP contribution in [0.25, 0.3) is 0 Å². The van der Waals surface area contributed by atoms with E-state index >= 15 is 0 Å². The van der Waals surface area contributed by atoms with Crippen LogP contribution in [0.2, 0.25) is 0 Å². The van der Waals surface area contributed by atoms with E-state index in [1.165, 1.54) is 31.9 Å². The maximum atomic E-state index is 11.9. The van der Waals surface area contributed by atoms with Crippen LogP contribution < -0.4 is 5.32 Å². The summed E-state index contributed by atoms with van der Waals surface area (Å²) in [5.74, 6) is 0.372. The van der Waals surface area contributed by atoms with Crippen LogP contribution in [0.4, 0.5) is 0 Å². The Kier molecular flexibility index (Phi) is 6.49. The first-order chi connectivity index (χ1) is 8.05. The van der Waals surface area contributed by atoms with E-state index in [1.807, 2.05) is 0 Å². The monoisotopic (exact) mass is 261 g/mol. The predicted molar refractivity (Wildman–Crippen MR) is 73.0 cm³/mol. The van der Waals surface area contributed by atoms with E-state index in [9.17, 15) is 8.42 Å². The molecule has 1 unspecified atom stereocenters. The van der Waals surface area contributed by atoms with Gasteiger partial charge in [-0.1, -0.05) is 32.6 Å². The fourth-order valence-electron chi connectivity index (χ4n) is 2.77. The summed E-state index contributed by atoms with van der Waals surface area (Å²) < 4.78 is 23.8. The third-order valence-corrected chi connectivity index (χ3v) is 5.40. The van der Waals surface area contributed by atoms with Crippen LogP contribution in [0, 0.1) is 5.92 Å². The van der Waals surface area contributed by atoms with Crippen molar-refractivity contribution in [2.24, 2.45) is 5.92 Å². The van der Waals surface area contributed by atoms with Gasteiger partial charge >= 0.3 is 0 Å². The lowest BCUT2D eigenvalue weighted by Crippen LogP contribution is -2.39. The lowest BCUT2D eigenvalue weighted by molar-refractivity contribution is 0.410. The second-order valence-corrected chi connectivity index (χ2v) is 7.59. The SMILES string of the molecule is CCCNCC(C1CCCCCC1)S(C)(=O)=O. The van der Waals surface area contributed by atoms with Crippen molar-refractivity contribution < 1.29 is 8.42 Å². The second kappa shape index (κ2) is 7.37. The Morgan fingerprint density at radius 2 is 1.76 bits per heavy atom. The molecule has 1 rings (SSSR count). The van der Waals surface area contributed by atoms with Crippen molar-refractivity contribution in [2.75, 3.05) is 19.3 Å². The van der Waals surface area contributed by atoms with Gasteiger partial charge in [-0.25, -0.2) is 8.42 Å². The molecular formula is C13H27NO2S. The predicted octanol–water partition coefficient (Wildman–Crippen LogP) is 2.37. The van der Waals surface area contributed by atoms with Crippen LogP contribution in [-0.2, 0) is 9.84 Å². The highest BCUT2D eigenvalue weighted by Gasteiger charge is 2.30. The molecule has 4 heteroatoms. The third-order valence-electron chi connectivity index (χ3n) is 3.75. The summed E-state index contributed by atoms with van der Waals surface area (Å²) in [6, 6.07) is 0. The fraction of sp³-hybridized carbons (Fsp3) is 1.00. The van der Waals surface area contributed by atoms with Gasteiger partial charge in [0.2, 0.25) is 0 Å². The molecule has 0 aromatic rings. The number of rotatable bonds is 6. The molecular weight excluding hydrogens is 234 g/mol. The standard InChI is InChI=1S/C13H27NO2S/c1-3-10-14-11-13(17(2,15)16)12-8-6-4-5-7-9-12/h12-14H,3-11H2,1-2H3. The van der Waals surface area contributed by atoms with Gasteiger partial charge in [0.1, 0.15) is 0 Å². The van der Waals surface area contributed by atoms with E-state index in [0.717, 1.165) is 25.8 Å². The van der Waals surface area contributed by atoms with Crippen molar-refractivity contribution >= 4 is 9.84 Å². The Morgan fingerprint density at radius 3 is 2.24 bits per heavy atom. The number of sulfone groups is 1. The topological polar surface area (TPSA) is 46.2 Å². The minimum atomic E-state index is -2.92. The molecule has 1 atom stereocenters. The van der Waals surface area contributed by atoms with Crippen LogP contribution in [0.3, 0.4) is 0 Å². The molecule has 0 amide bonds. The van der Waals surface area contributed by atoms with Crippen LogP contribution in [0.1, 0.15) is 51.9 Å². The minimum absolute atomic E-state index is 0.174. The molecule has 1 aliphatic carbocycles. The normalized spacial score (nSPS) is 21.1. The first-order valence-corrected chi connectivity index (χ1v) is 8.90. The van der Waals surface area contributed by atoms with Gasteiger partial charge < -0.3 is 5.32 Å². The zero-order valence-electron chi connectivity index (χ0n) is 11.2. The van der Waals surface area contributed by atoms with Gasteiger partial charge in [-0.3, -0.25) is 0 Å². The molecule has 1 N–H and O–H groups in total. The Bertz CT molecular complexity index is 293.